The van der Waals surface area contributed by atoms with E-state index in [2.05, 4.69) is 36.5 Å². The highest BCUT2D eigenvalue weighted by Gasteiger charge is 2.06. The highest BCUT2D eigenvalue weighted by Crippen LogP contribution is 2.23. The van der Waals surface area contributed by atoms with E-state index >= 15 is 0 Å². The van der Waals surface area contributed by atoms with Crippen LogP contribution in [0.5, 0.6) is 0 Å². The SMILES string of the molecule is CN=C(NCc1ccc(-c2ccc(Br)cc2)o1)NCc1ncc(C)s1. The average Bonchev–Trinajstić information content (AvgIpc) is 3.25. The highest BCUT2D eigenvalue weighted by molar-refractivity contribution is 9.10. The molecule has 3 aromatic rings. The fourth-order valence-corrected chi connectivity index (χ4v) is 3.27. The lowest BCUT2D eigenvalue weighted by Crippen LogP contribution is -2.36. The Morgan fingerprint density at radius 1 is 1.16 bits per heavy atom. The Kier molecular flexibility index (Phi) is 5.88. The van der Waals surface area contributed by atoms with Gasteiger partial charge in [-0.05, 0) is 31.2 Å². The third-order valence-corrected chi connectivity index (χ3v) is 4.96. The van der Waals surface area contributed by atoms with E-state index in [4.69, 9.17) is 4.42 Å². The maximum atomic E-state index is 5.90. The maximum Gasteiger partial charge on any atom is 0.191 e. The molecule has 0 aliphatic heterocycles. The molecule has 0 spiro atoms. The van der Waals surface area contributed by atoms with Gasteiger partial charge in [0.15, 0.2) is 5.96 Å². The number of hydrogen-bond acceptors (Lipinski definition) is 4. The van der Waals surface area contributed by atoms with Crippen LogP contribution in [0.1, 0.15) is 15.6 Å². The van der Waals surface area contributed by atoms with E-state index in [-0.39, 0.29) is 0 Å². The molecule has 7 heteroatoms. The number of thiazole rings is 1. The van der Waals surface area contributed by atoms with Crippen molar-refractivity contribution >= 4 is 33.2 Å². The van der Waals surface area contributed by atoms with Gasteiger partial charge in [0.2, 0.25) is 0 Å². The molecule has 0 aliphatic carbocycles. The van der Waals surface area contributed by atoms with Crippen molar-refractivity contribution in [1.29, 1.82) is 0 Å². The monoisotopic (exact) mass is 418 g/mol. The Balaban J connectivity index is 1.54. The second-order valence-electron chi connectivity index (χ2n) is 5.42. The number of aliphatic imine (C=N–C) groups is 1. The molecule has 5 nitrogen and oxygen atoms in total. The largest absolute Gasteiger partial charge is 0.459 e. The van der Waals surface area contributed by atoms with Crippen molar-refractivity contribution in [2.45, 2.75) is 20.0 Å². The van der Waals surface area contributed by atoms with Crippen molar-refractivity contribution in [2.75, 3.05) is 7.05 Å². The summed E-state index contributed by atoms with van der Waals surface area (Å²) in [5.74, 6) is 2.42. The quantitative estimate of drug-likeness (QED) is 0.477. The molecular weight excluding hydrogens is 400 g/mol. The molecule has 25 heavy (non-hydrogen) atoms. The summed E-state index contributed by atoms with van der Waals surface area (Å²) in [6.45, 7) is 3.27. The van der Waals surface area contributed by atoms with Gasteiger partial charge in [0.05, 0.1) is 13.1 Å². The molecule has 0 aliphatic rings. The second-order valence-corrected chi connectivity index (χ2v) is 7.65. The van der Waals surface area contributed by atoms with Gasteiger partial charge in [-0.1, -0.05) is 28.1 Å². The molecule has 2 heterocycles. The van der Waals surface area contributed by atoms with Crippen LogP contribution in [-0.4, -0.2) is 18.0 Å². The standard InChI is InChI=1S/C18H19BrN4OS/c1-12-9-21-17(25-12)11-23-18(20-2)22-10-15-7-8-16(24-15)13-3-5-14(19)6-4-13/h3-9H,10-11H2,1-2H3,(H2,20,22,23). The lowest BCUT2D eigenvalue weighted by Gasteiger charge is -2.09. The number of benzene rings is 1. The molecule has 2 aromatic heterocycles. The smallest absolute Gasteiger partial charge is 0.191 e. The van der Waals surface area contributed by atoms with E-state index in [0.29, 0.717) is 13.1 Å². The van der Waals surface area contributed by atoms with Gasteiger partial charge >= 0.3 is 0 Å². The number of guanidine groups is 1. The normalized spacial score (nSPS) is 11.6. The topological polar surface area (TPSA) is 62.5 Å². The van der Waals surface area contributed by atoms with Gasteiger partial charge in [-0.25, -0.2) is 4.98 Å². The first-order valence-corrected chi connectivity index (χ1v) is 9.45. The van der Waals surface area contributed by atoms with Crippen LogP contribution >= 0.6 is 27.3 Å². The van der Waals surface area contributed by atoms with Crippen molar-refractivity contribution in [3.63, 3.8) is 0 Å². The Hall–Kier alpha value is -2.12. The van der Waals surface area contributed by atoms with E-state index in [1.165, 1.54) is 4.88 Å². The number of rotatable bonds is 5. The zero-order chi connectivity index (χ0) is 17.6. The van der Waals surface area contributed by atoms with Crippen LogP contribution in [-0.2, 0) is 13.1 Å². The van der Waals surface area contributed by atoms with Crippen LogP contribution in [0, 0.1) is 6.92 Å². The highest BCUT2D eigenvalue weighted by atomic mass is 79.9. The van der Waals surface area contributed by atoms with Gasteiger partial charge in [-0.2, -0.15) is 0 Å². The molecule has 0 atom stereocenters. The fraction of sp³-hybridized carbons (Fsp3) is 0.222. The molecule has 0 saturated carbocycles. The molecule has 0 saturated heterocycles. The summed E-state index contributed by atoms with van der Waals surface area (Å²) in [4.78, 5) is 9.76. The first-order valence-electron chi connectivity index (χ1n) is 7.84. The summed E-state index contributed by atoms with van der Waals surface area (Å²) in [7, 11) is 1.75. The van der Waals surface area contributed by atoms with Gasteiger partial charge in [0, 0.05) is 28.2 Å². The van der Waals surface area contributed by atoms with E-state index in [0.717, 1.165) is 32.5 Å². The molecule has 0 bridgehead atoms. The molecule has 2 N–H and O–H groups in total. The Bertz CT molecular complexity index is 854. The molecule has 1 aromatic carbocycles. The third kappa shape index (κ3) is 4.93. The first-order chi connectivity index (χ1) is 12.1. The number of hydrogen-bond donors (Lipinski definition) is 2. The molecule has 3 rings (SSSR count). The Morgan fingerprint density at radius 2 is 1.92 bits per heavy atom. The lowest BCUT2D eigenvalue weighted by atomic mass is 10.2. The summed E-state index contributed by atoms with van der Waals surface area (Å²) < 4.78 is 6.95. The van der Waals surface area contributed by atoms with Gasteiger partial charge in [0.25, 0.3) is 0 Å². The molecule has 0 amide bonds. The molecule has 0 unspecified atom stereocenters. The van der Waals surface area contributed by atoms with Crippen LogP contribution in [0.15, 0.2) is 56.5 Å². The van der Waals surface area contributed by atoms with Gasteiger partial charge in [-0.3, -0.25) is 4.99 Å². The predicted molar refractivity (Wildman–Crippen MR) is 106 cm³/mol. The molecule has 130 valence electrons. The number of nitrogens with zero attached hydrogens (tertiary/aromatic N) is 2. The van der Waals surface area contributed by atoms with Crippen molar-refractivity contribution in [2.24, 2.45) is 4.99 Å². The van der Waals surface area contributed by atoms with Gasteiger partial charge in [0.1, 0.15) is 16.5 Å². The summed E-state index contributed by atoms with van der Waals surface area (Å²) >= 11 is 5.12. The lowest BCUT2D eigenvalue weighted by molar-refractivity contribution is 0.513. The third-order valence-electron chi connectivity index (χ3n) is 3.52. The summed E-state index contributed by atoms with van der Waals surface area (Å²) in [5.41, 5.74) is 1.05. The molecule has 0 radical (unpaired) electrons. The Morgan fingerprint density at radius 3 is 2.60 bits per heavy atom. The van der Waals surface area contributed by atoms with Crippen LogP contribution in [0.2, 0.25) is 0 Å². The van der Waals surface area contributed by atoms with Crippen LogP contribution in [0.4, 0.5) is 0 Å². The van der Waals surface area contributed by atoms with Crippen LogP contribution in [0.25, 0.3) is 11.3 Å². The Labute approximate surface area is 159 Å². The average molecular weight is 419 g/mol. The number of furan rings is 1. The predicted octanol–water partition coefficient (Wildman–Crippen LogP) is 4.34. The van der Waals surface area contributed by atoms with Crippen molar-refractivity contribution in [3.8, 4) is 11.3 Å². The fourth-order valence-electron chi connectivity index (χ4n) is 2.28. The van der Waals surface area contributed by atoms with Crippen LogP contribution in [0.3, 0.4) is 0 Å². The zero-order valence-electron chi connectivity index (χ0n) is 14.0. The minimum Gasteiger partial charge on any atom is -0.459 e. The summed E-state index contributed by atoms with van der Waals surface area (Å²) in [5, 5.41) is 7.54. The number of aryl methyl sites for hydroxylation is 1. The van der Waals surface area contributed by atoms with E-state index in [1.807, 2.05) is 49.5 Å². The van der Waals surface area contributed by atoms with Crippen molar-refractivity contribution < 1.29 is 4.42 Å². The first kappa shape index (κ1) is 17.7. The number of halogens is 1. The van der Waals surface area contributed by atoms with Crippen molar-refractivity contribution in [1.82, 2.24) is 15.6 Å². The van der Waals surface area contributed by atoms with E-state index in [1.54, 1.807) is 18.4 Å². The minimum absolute atomic E-state index is 0.563. The number of nitrogens with one attached hydrogen (secondary N) is 2. The van der Waals surface area contributed by atoms with Gasteiger partial charge in [-0.15, -0.1) is 11.3 Å². The van der Waals surface area contributed by atoms with Crippen molar-refractivity contribution in [3.05, 3.63) is 62.7 Å². The molecule has 0 fully saturated rings. The molecular formula is C18H19BrN4OS. The maximum absolute atomic E-state index is 5.90. The zero-order valence-corrected chi connectivity index (χ0v) is 16.4. The van der Waals surface area contributed by atoms with E-state index < -0.39 is 0 Å². The van der Waals surface area contributed by atoms with Crippen LogP contribution < -0.4 is 10.6 Å². The summed E-state index contributed by atoms with van der Waals surface area (Å²) in [6.07, 6.45) is 1.88. The summed E-state index contributed by atoms with van der Waals surface area (Å²) in [6, 6.07) is 12.0. The number of aromatic nitrogens is 1. The van der Waals surface area contributed by atoms with Gasteiger partial charge < -0.3 is 15.1 Å². The minimum atomic E-state index is 0.563. The second kappa shape index (κ2) is 8.31. The van der Waals surface area contributed by atoms with E-state index in [9.17, 15) is 0 Å².